The number of rotatable bonds is 9. The van der Waals surface area contributed by atoms with Crippen LogP contribution in [-0.4, -0.2) is 8.32 Å². The van der Waals surface area contributed by atoms with Crippen molar-refractivity contribution in [2.75, 3.05) is 0 Å². The van der Waals surface area contributed by atoms with Crippen molar-refractivity contribution in [3.8, 4) is 186 Å². The van der Waals surface area contributed by atoms with Crippen molar-refractivity contribution < 1.29 is 75.2 Å². The third-order valence-electron chi connectivity index (χ3n) is 30.2. The highest BCUT2D eigenvalue weighted by Gasteiger charge is 2.44. The van der Waals surface area contributed by atoms with E-state index in [-0.39, 0.29) is 28.0 Å². The van der Waals surface area contributed by atoms with Crippen molar-refractivity contribution in [2.45, 2.75) is 192 Å². The van der Waals surface area contributed by atoms with Gasteiger partial charge in [0.25, 0.3) is 8.32 Å². The minimum Gasteiger partial charge on any atom is -0.537 e. The van der Waals surface area contributed by atoms with Crippen LogP contribution in [0.1, 0.15) is 213 Å². The van der Waals surface area contributed by atoms with Gasteiger partial charge in [-0.2, -0.15) is 0 Å². The van der Waals surface area contributed by atoms with Crippen LogP contribution >= 0.6 is 0 Å². The van der Waals surface area contributed by atoms with Crippen molar-refractivity contribution in [1.82, 2.24) is 0 Å². The lowest BCUT2D eigenvalue weighted by Crippen LogP contribution is -2.47. The molecule has 0 fully saturated rings. The number of ether oxygens (including phenoxy) is 8. The Morgan fingerprint density at radius 1 is 0.211 bits per heavy atom. The molecule has 6 aliphatic rings. The second-order valence-corrected chi connectivity index (χ2v) is 44.6. The molecule has 10 heteroatoms. The number of hydrogen-bond donors (Lipinski definition) is 0. The molecule has 6 heterocycles. The Bertz CT molecular complexity index is 9520. The molecular formula is C137H126O9Si. The van der Waals surface area contributed by atoms with Crippen molar-refractivity contribution in [1.29, 1.82) is 0 Å². The number of fused-ring (bicyclic) bond motifs is 12. The molecule has 0 N–H and O–H groups in total. The number of para-hydroxylation sites is 14. The van der Waals surface area contributed by atoms with Gasteiger partial charge < -0.3 is 42.3 Å². The molecule has 6 aliphatic heterocycles. The Balaban J connectivity index is 0.000000141. The van der Waals surface area contributed by atoms with E-state index in [1.807, 2.05) is 214 Å². The van der Waals surface area contributed by atoms with E-state index in [9.17, 15) is 0 Å². The van der Waals surface area contributed by atoms with Gasteiger partial charge in [-0.15, -0.1) is 0 Å². The predicted octanol–water partition coefficient (Wildman–Crippen LogP) is 37.5. The number of benzene rings is 18. The molecule has 18 aromatic rings. The molecular weight excluding hydrogens is 1820 g/mol. The maximum Gasteiger partial charge on any atom is 0.280 e. The second kappa shape index (κ2) is 36.2. The first-order valence-corrected chi connectivity index (χ1v) is 52.5. The van der Waals surface area contributed by atoms with E-state index in [4.69, 9.17) is 75.2 Å². The van der Waals surface area contributed by atoms with Crippen LogP contribution in [0.25, 0.3) is 100 Å². The van der Waals surface area contributed by atoms with Crippen LogP contribution in [0.2, 0.25) is 13.1 Å². The fourth-order valence-corrected chi connectivity index (χ4v) is 24.7. The second-order valence-electron chi connectivity index (χ2n) is 40.9. The van der Waals surface area contributed by atoms with Gasteiger partial charge in [0.2, 0.25) is 0 Å². The Labute approximate surface area is 901 Å². The zero-order chi connectivity index (χ0) is 123. The molecule has 0 amide bonds. The number of hydrogen-bond acceptors (Lipinski definition) is 9. The molecule has 732 valence electrons. The van der Waals surface area contributed by atoms with Crippen molar-refractivity contribution in [3.05, 3.63) is 439 Å². The van der Waals surface area contributed by atoms with Crippen LogP contribution in [0.5, 0.6) is 86.2 Å². The predicted molar refractivity (Wildman–Crippen MR) is 606 cm³/mol. The Morgan fingerprint density at radius 2 is 0.503 bits per heavy atom. The van der Waals surface area contributed by atoms with E-state index in [0.717, 1.165) is 61.0 Å². The van der Waals surface area contributed by atoms with Gasteiger partial charge in [0.05, 0.1) is 0 Å². The maximum atomic E-state index is 9.05. The lowest BCUT2D eigenvalue weighted by molar-refractivity contribution is 0.111. The summed E-state index contributed by atoms with van der Waals surface area (Å²) < 4.78 is 270. The summed E-state index contributed by atoms with van der Waals surface area (Å²) in [7, 11) is -2.48. The van der Waals surface area contributed by atoms with Gasteiger partial charge in [-0.3, -0.25) is 0 Å². The number of aryl methyl sites for hydroxylation is 6. The van der Waals surface area contributed by atoms with Gasteiger partial charge in [-0.05, 0) is 329 Å². The molecule has 4 atom stereocenters. The van der Waals surface area contributed by atoms with Crippen LogP contribution in [0, 0.1) is 82.8 Å². The van der Waals surface area contributed by atoms with E-state index in [0.29, 0.717) is 214 Å². The SMILES string of the molecule is [2H]C([2H])([2H])c1c(-c2ccc(C)c(-c3cccc4c3Oc3ccccc3OC4(C)C([2H])([2H])[2H])c2C)ccc(C)c1-c1cccc2c1Oc1ccccc1C2(C)C([2H])([2H])[2H].[2H]C([2H])([2H])c1c(-c2ccc(C)c(-c3cccc4c3Oc3ccccc3O[Si]4(C)C)c2C)ccc(C)c1-c1cccc2c1Oc1ccccc1C2(C)C([2H])([2H])[2H].[2H]C([2H])([2H])c1ccc(-c2ccc(C)c(-c3cccc4c3Oc3ccccc3C4(C)C([2H])([2H])[2H])c2C([2H])([2H])[2H])c(C)c1-c1ccc2c(c1)C(C)(C)Oc1ccccc1O2. The first-order valence-electron chi connectivity index (χ1n) is 61.6. The molecule has 0 saturated carbocycles. The molecule has 24 rings (SSSR count). The summed E-state index contributed by atoms with van der Waals surface area (Å²) in [5.74, 6) is 6.99. The first kappa shape index (κ1) is 71.8. The highest BCUT2D eigenvalue weighted by molar-refractivity contribution is 6.86. The van der Waals surface area contributed by atoms with Gasteiger partial charge >= 0.3 is 0 Å². The summed E-state index contributed by atoms with van der Waals surface area (Å²) in [6.45, 7) is 9.85. The van der Waals surface area contributed by atoms with Gasteiger partial charge in [-0.1, -0.05) is 302 Å². The van der Waals surface area contributed by atoms with E-state index in [1.54, 1.807) is 191 Å². The lowest BCUT2D eigenvalue weighted by atomic mass is 9.74. The lowest BCUT2D eigenvalue weighted by Gasteiger charge is -2.35. The smallest absolute Gasteiger partial charge is 0.280 e. The molecule has 9 nitrogen and oxygen atoms in total. The fraction of sp³-hybridized carbons (Fsp3) is 0.212. The van der Waals surface area contributed by atoms with Crippen molar-refractivity contribution in [3.63, 3.8) is 0 Å². The average molecular weight is 1970 g/mol. The summed E-state index contributed by atoms with van der Waals surface area (Å²) >= 11 is 0. The van der Waals surface area contributed by atoms with Crippen molar-refractivity contribution >= 4 is 13.5 Å². The summed E-state index contributed by atoms with van der Waals surface area (Å²) in [6, 6.07) is 98.7. The van der Waals surface area contributed by atoms with Gasteiger partial charge in [-0.25, -0.2) is 0 Å². The van der Waals surface area contributed by atoms with Crippen LogP contribution in [0.4, 0.5) is 0 Å². The zero-order valence-corrected chi connectivity index (χ0v) is 85.9. The van der Waals surface area contributed by atoms with Gasteiger partial charge in [0.1, 0.15) is 68.7 Å². The molecule has 4 unspecified atom stereocenters. The van der Waals surface area contributed by atoms with Crippen LogP contribution in [0.3, 0.4) is 0 Å². The molecule has 0 saturated heterocycles. The quantitative estimate of drug-likeness (QED) is 0.131. The van der Waals surface area contributed by atoms with Crippen LogP contribution in [-0.2, 0) is 27.4 Å². The van der Waals surface area contributed by atoms with Crippen LogP contribution in [0.15, 0.2) is 328 Å². The van der Waals surface area contributed by atoms with Crippen molar-refractivity contribution in [2.24, 2.45) is 0 Å². The highest BCUT2D eigenvalue weighted by Crippen LogP contribution is 2.60. The summed E-state index contributed by atoms with van der Waals surface area (Å²) in [6.07, 6.45) is 0. The third kappa shape index (κ3) is 16.2. The van der Waals surface area contributed by atoms with E-state index in [2.05, 4.69) is 32.2 Å². The fourth-order valence-electron chi connectivity index (χ4n) is 22.6. The highest BCUT2D eigenvalue weighted by atomic mass is 28.4. The summed E-state index contributed by atoms with van der Waals surface area (Å²) in [5.41, 5.74) is 14.1. The summed E-state index contributed by atoms with van der Waals surface area (Å²) in [5, 5.41) is 1.03. The third-order valence-corrected chi connectivity index (χ3v) is 32.6. The normalized spacial score (nSPS) is 20.7. The zero-order valence-electron chi connectivity index (χ0n) is 109. The Hall–Kier alpha value is -15.6. The summed E-state index contributed by atoms with van der Waals surface area (Å²) in [4.78, 5) is 0. The first-order chi connectivity index (χ1) is 80.2. The monoisotopic (exact) mass is 1970 g/mol. The Kier molecular flexibility index (Phi) is 17.7. The minimum atomic E-state index is -2.67. The molecule has 18 aromatic carbocycles. The molecule has 0 aromatic heterocycles. The molecule has 0 bridgehead atoms. The van der Waals surface area contributed by atoms with E-state index < -0.39 is 90.6 Å². The van der Waals surface area contributed by atoms with Gasteiger partial charge in [0, 0.05) is 127 Å². The largest absolute Gasteiger partial charge is 0.537 e. The standard InChI is InChI=1S/2C46H42O3.C45H42O3Si/c1-27-23-25-31(29(3)41(27)33-15-13-18-36-43(33)47-38-20-10-9-17-35(38)45(36,5)6)32-26-24-28(2)42(30(32)4)34-16-14-19-37-44(34)48-39-21-11-12-22-40(39)49-46(37,7)8;1-27-20-23-32(29(3)42(27)31-22-25-39-37(26-31)46(7,8)49-41-19-12-11-18-40(41)47-39)33-24-21-28(2)43(30(33)4)34-14-13-16-36-44(34)48-38-17-10-9-15-35(38)45(36,5)6;1-27-23-25-31(29(3)41(27)33-15-13-18-36-43(33)46-37-19-10-9-17-35(37)45(36,5)6)32-26-24-28(2)42(30(32)4)34-16-14-22-40-44(34)47-38-20-11-12-21-39(38)48-49(40,7)8/h3*9-26H,1-8H3/i3D3,5D3,7D3;1D3,4D3,5D3;3D3,5D3. The Morgan fingerprint density at radius 3 is 0.898 bits per heavy atom. The van der Waals surface area contributed by atoms with E-state index in [1.165, 1.54) is 0 Å². The molecule has 0 aliphatic carbocycles. The molecule has 147 heavy (non-hydrogen) atoms. The van der Waals surface area contributed by atoms with Crippen LogP contribution < -0.4 is 47.5 Å². The van der Waals surface area contributed by atoms with E-state index >= 15 is 0 Å². The van der Waals surface area contributed by atoms with Gasteiger partial charge in [0.15, 0.2) is 28.7 Å². The molecule has 0 radical (unpaired) electrons. The molecule has 0 spiro atoms. The maximum absolute atomic E-state index is 9.05. The topological polar surface area (TPSA) is 83.1 Å². The average Bonchev–Trinajstić information content (AvgIpc) is 1.45. The minimum absolute atomic E-state index is 0.0391.